The SMILES string of the molecule is CCNC(=O)CC1N=C(c2ccc(Cl)cc2)c2ccc(OC(C)C)cc2-n2c(C)nnc21. The highest BCUT2D eigenvalue weighted by atomic mass is 35.5. The average molecular weight is 452 g/mol. The predicted molar refractivity (Wildman–Crippen MR) is 125 cm³/mol. The van der Waals surface area contributed by atoms with Crippen LogP contribution in [0.1, 0.15) is 56.0 Å². The molecule has 0 fully saturated rings. The quantitative estimate of drug-likeness (QED) is 0.600. The summed E-state index contributed by atoms with van der Waals surface area (Å²) >= 11 is 6.13. The number of ether oxygens (including phenoxy) is 1. The molecule has 2 aromatic carbocycles. The number of aliphatic imine (C=N–C) groups is 1. The molecule has 0 bridgehead atoms. The number of hydrogen-bond donors (Lipinski definition) is 1. The third kappa shape index (κ3) is 4.39. The number of carbonyl (C=O) groups excluding carboxylic acids is 1. The fourth-order valence-electron chi connectivity index (χ4n) is 3.84. The lowest BCUT2D eigenvalue weighted by atomic mass is 10.00. The summed E-state index contributed by atoms with van der Waals surface area (Å²) in [5.74, 6) is 2.01. The first-order chi connectivity index (χ1) is 15.4. The highest BCUT2D eigenvalue weighted by Gasteiger charge is 2.30. The Hall–Kier alpha value is -3.19. The standard InChI is InChI=1S/C24H26ClN5O2/c1-5-26-22(31)13-20-24-29-28-15(4)30(24)21-12-18(32-14(2)3)10-11-19(21)23(27-20)16-6-8-17(25)9-7-16/h6-12,14,20H,5,13H2,1-4H3,(H,26,31). The molecule has 1 N–H and O–H groups in total. The van der Waals surface area contributed by atoms with Crippen molar-refractivity contribution in [3.8, 4) is 11.4 Å². The zero-order chi connectivity index (χ0) is 22.8. The largest absolute Gasteiger partial charge is 0.491 e. The highest BCUT2D eigenvalue weighted by Crippen LogP contribution is 2.34. The van der Waals surface area contributed by atoms with Crippen molar-refractivity contribution in [2.45, 2.75) is 46.3 Å². The van der Waals surface area contributed by atoms with Gasteiger partial charge in [0.1, 0.15) is 17.6 Å². The van der Waals surface area contributed by atoms with Gasteiger partial charge < -0.3 is 10.1 Å². The molecule has 0 saturated carbocycles. The molecule has 1 aromatic heterocycles. The molecule has 1 amide bonds. The summed E-state index contributed by atoms with van der Waals surface area (Å²) in [5.41, 5.74) is 3.45. The van der Waals surface area contributed by atoms with E-state index in [1.165, 1.54) is 0 Å². The van der Waals surface area contributed by atoms with Gasteiger partial charge >= 0.3 is 0 Å². The van der Waals surface area contributed by atoms with Crippen LogP contribution in [0.15, 0.2) is 47.5 Å². The summed E-state index contributed by atoms with van der Waals surface area (Å²) in [6.45, 7) is 8.33. The van der Waals surface area contributed by atoms with Gasteiger partial charge in [-0.2, -0.15) is 0 Å². The molecule has 0 spiro atoms. The number of nitrogens with one attached hydrogen (secondary N) is 1. The molecule has 0 radical (unpaired) electrons. The van der Waals surface area contributed by atoms with Gasteiger partial charge in [-0.3, -0.25) is 14.4 Å². The molecule has 166 valence electrons. The molecular formula is C24H26ClN5O2. The normalized spacial score (nSPS) is 14.9. The van der Waals surface area contributed by atoms with Crippen LogP contribution in [0.25, 0.3) is 5.69 Å². The zero-order valence-corrected chi connectivity index (χ0v) is 19.3. The second kappa shape index (κ2) is 9.12. The predicted octanol–water partition coefficient (Wildman–Crippen LogP) is 4.43. The Bertz CT molecular complexity index is 1170. The van der Waals surface area contributed by atoms with Crippen LogP contribution in [0.3, 0.4) is 0 Å². The van der Waals surface area contributed by atoms with Crippen molar-refractivity contribution in [1.82, 2.24) is 20.1 Å². The minimum Gasteiger partial charge on any atom is -0.491 e. The van der Waals surface area contributed by atoms with Crippen molar-refractivity contribution in [1.29, 1.82) is 0 Å². The fraction of sp³-hybridized carbons (Fsp3) is 0.333. The number of benzene rings is 2. The van der Waals surface area contributed by atoms with Crippen molar-refractivity contribution in [3.05, 3.63) is 70.3 Å². The van der Waals surface area contributed by atoms with E-state index < -0.39 is 6.04 Å². The highest BCUT2D eigenvalue weighted by molar-refractivity contribution is 6.30. The lowest BCUT2D eigenvalue weighted by Crippen LogP contribution is -2.25. The first-order valence-corrected chi connectivity index (χ1v) is 11.1. The van der Waals surface area contributed by atoms with Crippen LogP contribution >= 0.6 is 11.6 Å². The summed E-state index contributed by atoms with van der Waals surface area (Å²) in [6.07, 6.45) is 0.210. The smallest absolute Gasteiger partial charge is 0.222 e. The molecule has 32 heavy (non-hydrogen) atoms. The zero-order valence-electron chi connectivity index (χ0n) is 18.6. The van der Waals surface area contributed by atoms with Crippen molar-refractivity contribution < 1.29 is 9.53 Å². The molecule has 3 aromatic rings. The number of halogens is 1. The number of hydrogen-bond acceptors (Lipinski definition) is 5. The molecule has 2 heterocycles. The van der Waals surface area contributed by atoms with Gasteiger partial charge in [0.25, 0.3) is 0 Å². The summed E-state index contributed by atoms with van der Waals surface area (Å²) < 4.78 is 7.93. The van der Waals surface area contributed by atoms with Gasteiger partial charge in [-0.05, 0) is 52.0 Å². The molecule has 1 atom stereocenters. The van der Waals surface area contributed by atoms with Crippen molar-refractivity contribution in [2.75, 3.05) is 6.54 Å². The van der Waals surface area contributed by atoms with E-state index in [1.54, 1.807) is 0 Å². The van der Waals surface area contributed by atoms with E-state index in [4.69, 9.17) is 21.3 Å². The van der Waals surface area contributed by atoms with E-state index in [2.05, 4.69) is 15.5 Å². The first-order valence-electron chi connectivity index (χ1n) is 10.7. The summed E-state index contributed by atoms with van der Waals surface area (Å²) in [4.78, 5) is 17.5. The van der Waals surface area contributed by atoms with Crippen molar-refractivity contribution >= 4 is 23.2 Å². The number of carbonyl (C=O) groups is 1. The molecule has 0 aliphatic carbocycles. The maximum absolute atomic E-state index is 12.5. The molecule has 1 aliphatic rings. The number of rotatable bonds is 6. The van der Waals surface area contributed by atoms with Crippen LogP contribution in [0.4, 0.5) is 0 Å². The van der Waals surface area contributed by atoms with Gasteiger partial charge in [0.15, 0.2) is 5.82 Å². The molecule has 0 saturated heterocycles. The monoisotopic (exact) mass is 451 g/mol. The topological polar surface area (TPSA) is 81.4 Å². The minimum atomic E-state index is -0.490. The van der Waals surface area contributed by atoms with E-state index in [-0.39, 0.29) is 18.4 Å². The Morgan fingerprint density at radius 1 is 1.19 bits per heavy atom. The maximum Gasteiger partial charge on any atom is 0.222 e. The lowest BCUT2D eigenvalue weighted by molar-refractivity contribution is -0.121. The Morgan fingerprint density at radius 3 is 2.62 bits per heavy atom. The Kier molecular flexibility index (Phi) is 6.28. The summed E-state index contributed by atoms with van der Waals surface area (Å²) in [7, 11) is 0. The van der Waals surface area contributed by atoms with Crippen LogP contribution in [0.2, 0.25) is 5.02 Å². The van der Waals surface area contributed by atoms with Gasteiger partial charge in [-0.15, -0.1) is 10.2 Å². The first kappa shape index (κ1) is 22.0. The van der Waals surface area contributed by atoms with Gasteiger partial charge in [0.2, 0.25) is 5.91 Å². The Labute approximate surface area is 192 Å². The Balaban J connectivity index is 1.93. The fourth-order valence-corrected chi connectivity index (χ4v) is 3.96. The van der Waals surface area contributed by atoms with Crippen LogP contribution in [0, 0.1) is 6.92 Å². The van der Waals surface area contributed by atoms with Crippen LogP contribution in [0.5, 0.6) is 5.75 Å². The summed E-state index contributed by atoms with van der Waals surface area (Å²) in [6, 6.07) is 13.0. The number of amides is 1. The van der Waals surface area contributed by atoms with Gasteiger partial charge in [-0.1, -0.05) is 23.7 Å². The van der Waals surface area contributed by atoms with Gasteiger partial charge in [-0.25, -0.2) is 0 Å². The average Bonchev–Trinajstić information content (AvgIpc) is 3.07. The molecule has 4 rings (SSSR count). The van der Waals surface area contributed by atoms with E-state index in [0.717, 1.165) is 34.1 Å². The Morgan fingerprint density at radius 2 is 1.94 bits per heavy atom. The maximum atomic E-state index is 12.5. The summed E-state index contributed by atoms with van der Waals surface area (Å²) in [5, 5.41) is 12.2. The van der Waals surface area contributed by atoms with Crippen molar-refractivity contribution in [3.63, 3.8) is 0 Å². The van der Waals surface area contributed by atoms with Gasteiger partial charge in [0, 0.05) is 28.8 Å². The van der Waals surface area contributed by atoms with E-state index >= 15 is 0 Å². The van der Waals surface area contributed by atoms with Crippen LogP contribution in [-0.4, -0.2) is 39.0 Å². The molecular weight excluding hydrogens is 426 g/mol. The molecule has 1 unspecified atom stereocenters. The number of nitrogens with zero attached hydrogens (tertiary/aromatic N) is 4. The van der Waals surface area contributed by atoms with E-state index in [9.17, 15) is 4.79 Å². The number of aromatic nitrogens is 3. The second-order valence-electron chi connectivity index (χ2n) is 7.94. The van der Waals surface area contributed by atoms with E-state index in [0.29, 0.717) is 17.4 Å². The minimum absolute atomic E-state index is 0.0372. The lowest BCUT2D eigenvalue weighted by Gasteiger charge is -2.16. The number of fused-ring (bicyclic) bond motifs is 3. The van der Waals surface area contributed by atoms with Crippen molar-refractivity contribution in [2.24, 2.45) is 4.99 Å². The third-order valence-electron chi connectivity index (χ3n) is 5.14. The molecule has 8 heteroatoms. The van der Waals surface area contributed by atoms with E-state index in [1.807, 2.05) is 74.7 Å². The van der Waals surface area contributed by atoms with Crippen LogP contribution in [-0.2, 0) is 4.79 Å². The third-order valence-corrected chi connectivity index (χ3v) is 5.39. The van der Waals surface area contributed by atoms with Crippen LogP contribution < -0.4 is 10.1 Å². The second-order valence-corrected chi connectivity index (χ2v) is 8.38. The molecule has 1 aliphatic heterocycles. The molecule has 7 nitrogen and oxygen atoms in total. The number of aryl methyl sites for hydroxylation is 1. The van der Waals surface area contributed by atoms with Gasteiger partial charge in [0.05, 0.1) is 23.9 Å².